The second kappa shape index (κ2) is 6.75. The Kier molecular flexibility index (Phi) is 4.90. The molecule has 120 valence electrons. The Bertz CT molecular complexity index is 795. The van der Waals surface area contributed by atoms with Gasteiger partial charge in [-0.15, -0.1) is 11.3 Å². The largest absolute Gasteiger partial charge is 0.378 e. The van der Waals surface area contributed by atoms with Crippen LogP contribution in [0.5, 0.6) is 0 Å². The van der Waals surface area contributed by atoms with Crippen LogP contribution >= 0.6 is 33.9 Å². The van der Waals surface area contributed by atoms with Gasteiger partial charge >= 0.3 is 0 Å². The van der Waals surface area contributed by atoms with Crippen LogP contribution in [0.1, 0.15) is 12.0 Å². The van der Waals surface area contributed by atoms with E-state index in [-0.39, 0.29) is 6.04 Å². The van der Waals surface area contributed by atoms with Gasteiger partial charge in [0.25, 0.3) is 0 Å². The first kappa shape index (κ1) is 16.7. The fraction of sp³-hybridized carbons (Fsp3) is 0.353. The van der Waals surface area contributed by atoms with E-state index < -0.39 is 6.17 Å². The van der Waals surface area contributed by atoms with Crippen LogP contribution in [0, 0.1) is 9.46 Å². The fourth-order valence-electron chi connectivity index (χ4n) is 2.95. The van der Waals surface area contributed by atoms with Crippen molar-refractivity contribution in [3.8, 4) is 0 Å². The molecule has 23 heavy (non-hydrogen) atoms. The van der Waals surface area contributed by atoms with Gasteiger partial charge in [-0.25, -0.2) is 9.24 Å². The minimum absolute atomic E-state index is 0.163. The van der Waals surface area contributed by atoms with E-state index in [4.69, 9.17) is 6.57 Å². The van der Waals surface area contributed by atoms with E-state index in [1.807, 2.05) is 30.1 Å². The average Bonchev–Trinajstić information content (AvgIpc) is 2.86. The Balaban J connectivity index is 1.96. The molecule has 3 rings (SSSR count). The first-order valence-electron chi connectivity index (χ1n) is 7.38. The van der Waals surface area contributed by atoms with Crippen molar-refractivity contribution in [2.75, 3.05) is 25.5 Å². The number of benzene rings is 1. The number of fused-ring (bicyclic) bond motifs is 1. The summed E-state index contributed by atoms with van der Waals surface area (Å²) in [5.74, 6) is 0. The number of hydrogen-bond acceptors (Lipinski definition) is 3. The summed E-state index contributed by atoms with van der Waals surface area (Å²) in [6, 6.07) is 5.79. The highest BCUT2D eigenvalue weighted by Crippen LogP contribution is 2.40. The third-order valence-corrected chi connectivity index (χ3v) is 6.41. The van der Waals surface area contributed by atoms with Crippen LogP contribution in [-0.2, 0) is 0 Å². The molecule has 2 atom stereocenters. The number of anilines is 1. The molecular formula is C17H17FIN3S. The average molecular weight is 441 g/mol. The lowest BCUT2D eigenvalue weighted by atomic mass is 10.0. The molecule has 0 bridgehead atoms. The summed E-state index contributed by atoms with van der Waals surface area (Å²) in [4.78, 5) is 5.50. The second-order valence-electron chi connectivity index (χ2n) is 5.81. The lowest BCUT2D eigenvalue weighted by molar-refractivity contribution is 0.149. The van der Waals surface area contributed by atoms with Crippen molar-refractivity contribution in [2.45, 2.75) is 18.6 Å². The Morgan fingerprint density at radius 3 is 3.04 bits per heavy atom. The molecule has 2 unspecified atom stereocenters. The third kappa shape index (κ3) is 3.23. The normalized spacial score (nSPS) is 22.0. The van der Waals surface area contributed by atoms with E-state index in [1.54, 1.807) is 11.3 Å². The van der Waals surface area contributed by atoms with Crippen molar-refractivity contribution >= 4 is 55.4 Å². The highest BCUT2D eigenvalue weighted by atomic mass is 127. The highest BCUT2D eigenvalue weighted by Gasteiger charge is 2.28. The van der Waals surface area contributed by atoms with E-state index in [0.717, 1.165) is 37.2 Å². The van der Waals surface area contributed by atoms with Crippen molar-refractivity contribution in [1.82, 2.24) is 4.90 Å². The number of alkyl halides is 1. The van der Waals surface area contributed by atoms with Gasteiger partial charge in [0.15, 0.2) is 5.70 Å². The lowest BCUT2D eigenvalue weighted by Crippen LogP contribution is -2.46. The summed E-state index contributed by atoms with van der Waals surface area (Å²) >= 11 is 3.88. The second-order valence-corrected chi connectivity index (χ2v) is 8.64. The predicted molar refractivity (Wildman–Crippen MR) is 105 cm³/mol. The Labute approximate surface area is 153 Å². The predicted octanol–water partition coefficient (Wildman–Crippen LogP) is 4.85. The molecule has 1 aliphatic rings. The number of thiophene rings is 1. The van der Waals surface area contributed by atoms with Gasteiger partial charge in [0.1, 0.15) is 6.17 Å². The quantitative estimate of drug-likeness (QED) is 0.543. The summed E-state index contributed by atoms with van der Waals surface area (Å²) in [6.45, 7) is 12.4. The number of nitrogens with one attached hydrogen (secondary N) is 1. The van der Waals surface area contributed by atoms with E-state index in [0.29, 0.717) is 12.2 Å². The molecule has 0 radical (unpaired) electrons. The van der Waals surface area contributed by atoms with Crippen LogP contribution in [0.15, 0.2) is 24.8 Å². The van der Waals surface area contributed by atoms with Crippen molar-refractivity contribution in [2.24, 2.45) is 0 Å². The minimum atomic E-state index is -0.874. The van der Waals surface area contributed by atoms with Gasteiger partial charge in [-0.2, -0.15) is 0 Å². The molecule has 0 spiro atoms. The van der Waals surface area contributed by atoms with Crippen molar-refractivity contribution in [3.05, 3.63) is 44.6 Å². The van der Waals surface area contributed by atoms with Gasteiger partial charge in [0, 0.05) is 18.7 Å². The molecule has 6 heteroatoms. The van der Waals surface area contributed by atoms with E-state index in [2.05, 4.69) is 39.3 Å². The maximum absolute atomic E-state index is 14.3. The van der Waals surface area contributed by atoms with Crippen molar-refractivity contribution < 1.29 is 4.39 Å². The lowest BCUT2D eigenvalue weighted by Gasteiger charge is -2.33. The fourth-order valence-corrected chi connectivity index (χ4v) is 5.24. The van der Waals surface area contributed by atoms with Crippen LogP contribution in [0.25, 0.3) is 20.6 Å². The van der Waals surface area contributed by atoms with Gasteiger partial charge in [0.05, 0.1) is 25.9 Å². The number of likely N-dealkylation sites (tertiary alicyclic amines) is 1. The van der Waals surface area contributed by atoms with Crippen molar-refractivity contribution in [3.63, 3.8) is 0 Å². The zero-order valence-electron chi connectivity index (χ0n) is 12.8. The summed E-state index contributed by atoms with van der Waals surface area (Å²) < 4.78 is 16.4. The van der Waals surface area contributed by atoms with Gasteiger partial charge in [-0.3, -0.25) is 0 Å². The third-order valence-electron chi connectivity index (χ3n) is 4.18. The monoisotopic (exact) mass is 441 g/mol. The van der Waals surface area contributed by atoms with Crippen LogP contribution in [0.2, 0.25) is 0 Å². The molecule has 1 fully saturated rings. The van der Waals surface area contributed by atoms with Crippen LogP contribution in [0.3, 0.4) is 0 Å². The molecule has 0 amide bonds. The maximum Gasteiger partial charge on any atom is 0.189 e. The molecule has 0 saturated carbocycles. The number of hydrogen-bond donors (Lipinski definition) is 1. The zero-order chi connectivity index (χ0) is 16.6. The van der Waals surface area contributed by atoms with Gasteiger partial charge < -0.3 is 10.2 Å². The molecular weight excluding hydrogens is 424 g/mol. The molecule has 3 nitrogen and oxygen atoms in total. The minimum Gasteiger partial charge on any atom is -0.378 e. The highest BCUT2D eigenvalue weighted by molar-refractivity contribution is 14.1. The molecule has 1 aliphatic heterocycles. The van der Waals surface area contributed by atoms with Gasteiger partial charge in [-0.05, 0) is 47.5 Å². The molecule has 1 N–H and O–H groups in total. The maximum atomic E-state index is 14.3. The standard InChI is InChI=1S/C17H17FIN3S/c1-10(20-2)15-11-5-4-6-14(16(11)23-17(15)19)21-13-7-8-22(3)9-12(13)18/h4-6,12-13,21H,1,7-9H2,3H3. The molecule has 1 saturated heterocycles. The summed E-state index contributed by atoms with van der Waals surface area (Å²) in [5.41, 5.74) is 2.32. The first-order chi connectivity index (χ1) is 11.0. The number of piperidine rings is 1. The number of rotatable bonds is 3. The molecule has 1 aromatic heterocycles. The smallest absolute Gasteiger partial charge is 0.189 e. The van der Waals surface area contributed by atoms with Crippen LogP contribution in [-0.4, -0.2) is 37.3 Å². The Hall–Kier alpha value is -1.17. The Morgan fingerprint density at radius 1 is 1.57 bits per heavy atom. The molecule has 2 heterocycles. The number of halogens is 2. The summed E-state index contributed by atoms with van der Waals surface area (Å²) in [6.07, 6.45) is -0.0845. The first-order valence-corrected chi connectivity index (χ1v) is 9.27. The van der Waals surface area contributed by atoms with Gasteiger partial charge in [-0.1, -0.05) is 18.7 Å². The SMILES string of the molecule is [C-]#[N+]C(=C)c1c(I)sc2c(NC3CCN(C)CC3F)cccc12. The molecule has 0 aliphatic carbocycles. The zero-order valence-corrected chi connectivity index (χ0v) is 15.7. The van der Waals surface area contributed by atoms with E-state index >= 15 is 0 Å². The van der Waals surface area contributed by atoms with Crippen LogP contribution < -0.4 is 5.32 Å². The Morgan fingerprint density at radius 2 is 2.35 bits per heavy atom. The molecule has 2 aromatic rings. The van der Waals surface area contributed by atoms with E-state index in [9.17, 15) is 4.39 Å². The topological polar surface area (TPSA) is 19.6 Å². The van der Waals surface area contributed by atoms with Crippen molar-refractivity contribution in [1.29, 1.82) is 0 Å². The van der Waals surface area contributed by atoms with Gasteiger partial charge in [0.2, 0.25) is 0 Å². The van der Waals surface area contributed by atoms with Crippen LogP contribution in [0.4, 0.5) is 10.1 Å². The summed E-state index contributed by atoms with van der Waals surface area (Å²) in [7, 11) is 1.95. The summed E-state index contributed by atoms with van der Waals surface area (Å²) in [5, 5.41) is 4.41. The number of nitrogens with zero attached hydrogens (tertiary/aromatic N) is 2. The van der Waals surface area contributed by atoms with E-state index in [1.165, 1.54) is 0 Å². The molecule has 1 aromatic carbocycles.